The summed E-state index contributed by atoms with van der Waals surface area (Å²) in [4.78, 5) is 4.72. The summed E-state index contributed by atoms with van der Waals surface area (Å²) >= 11 is 0. The molecule has 0 saturated heterocycles. The normalized spacial score (nSPS) is 14.6. The maximum absolute atomic E-state index is 2.40. The summed E-state index contributed by atoms with van der Waals surface area (Å²) in [5, 5.41) is 0. The van der Waals surface area contributed by atoms with Crippen LogP contribution in [0.1, 0.15) is 5.56 Å². The zero-order chi connectivity index (χ0) is 12.5. The van der Waals surface area contributed by atoms with Crippen LogP contribution < -0.4 is 9.80 Å². The molecular weight excluding hydrogens is 220 g/mol. The van der Waals surface area contributed by atoms with Crippen molar-refractivity contribution in [2.24, 2.45) is 0 Å². The van der Waals surface area contributed by atoms with Crippen molar-refractivity contribution >= 4 is 17.1 Å². The summed E-state index contributed by atoms with van der Waals surface area (Å²) in [7, 11) is 2.16. The van der Waals surface area contributed by atoms with Gasteiger partial charge in [0, 0.05) is 25.8 Å². The number of benzene rings is 2. The Hall–Kier alpha value is -1.96. The molecule has 1 heterocycles. The average Bonchev–Trinajstić information content (AvgIpc) is 2.41. The van der Waals surface area contributed by atoms with Crippen molar-refractivity contribution in [3.63, 3.8) is 0 Å². The number of likely N-dealkylation sites (N-methyl/N-ethyl adjacent to an activating group) is 1. The van der Waals surface area contributed by atoms with Crippen LogP contribution in [-0.2, 0) is 0 Å². The highest BCUT2D eigenvalue weighted by atomic mass is 15.3. The molecule has 0 saturated carbocycles. The molecule has 2 aromatic carbocycles. The fourth-order valence-electron chi connectivity index (χ4n) is 2.50. The van der Waals surface area contributed by atoms with Gasteiger partial charge in [-0.25, -0.2) is 0 Å². The maximum atomic E-state index is 2.40. The molecule has 3 rings (SSSR count). The molecule has 0 unspecified atom stereocenters. The number of hydrogen-bond donors (Lipinski definition) is 0. The first-order chi connectivity index (χ1) is 8.75. The number of anilines is 3. The first-order valence-electron chi connectivity index (χ1n) is 6.40. The standard InChI is InChI=1S/C16H18N2/c1-13-7-9-14(10-8-13)18-12-11-17(2)15-5-3-4-6-16(15)18/h3-10H,11-12H2,1-2H3. The highest BCUT2D eigenvalue weighted by Gasteiger charge is 2.20. The van der Waals surface area contributed by atoms with Crippen LogP contribution in [0.3, 0.4) is 0 Å². The molecule has 0 N–H and O–H groups in total. The van der Waals surface area contributed by atoms with Crippen LogP contribution in [0.25, 0.3) is 0 Å². The fraction of sp³-hybridized carbons (Fsp3) is 0.250. The Morgan fingerprint density at radius 2 is 1.50 bits per heavy atom. The molecule has 1 aliphatic rings. The second-order valence-electron chi connectivity index (χ2n) is 4.90. The van der Waals surface area contributed by atoms with Gasteiger partial charge in [-0.3, -0.25) is 0 Å². The number of aryl methyl sites for hydroxylation is 1. The Bertz CT molecular complexity index is 545. The van der Waals surface area contributed by atoms with Crippen LogP contribution >= 0.6 is 0 Å². The molecule has 2 nitrogen and oxygen atoms in total. The first-order valence-corrected chi connectivity index (χ1v) is 6.40. The van der Waals surface area contributed by atoms with E-state index in [-0.39, 0.29) is 0 Å². The second-order valence-corrected chi connectivity index (χ2v) is 4.90. The maximum Gasteiger partial charge on any atom is 0.0649 e. The average molecular weight is 238 g/mol. The van der Waals surface area contributed by atoms with E-state index in [0.29, 0.717) is 0 Å². The smallest absolute Gasteiger partial charge is 0.0649 e. The number of fused-ring (bicyclic) bond motifs is 1. The van der Waals surface area contributed by atoms with Gasteiger partial charge < -0.3 is 9.80 Å². The second kappa shape index (κ2) is 4.37. The minimum Gasteiger partial charge on any atom is -0.371 e. The van der Waals surface area contributed by atoms with E-state index in [0.717, 1.165) is 13.1 Å². The first kappa shape index (κ1) is 11.1. The van der Waals surface area contributed by atoms with Gasteiger partial charge in [0.05, 0.1) is 11.4 Å². The number of rotatable bonds is 1. The van der Waals surface area contributed by atoms with E-state index in [1.807, 2.05) is 0 Å². The third-order valence-electron chi connectivity index (χ3n) is 3.59. The summed E-state index contributed by atoms with van der Waals surface area (Å²) in [5.41, 5.74) is 5.20. The van der Waals surface area contributed by atoms with E-state index in [4.69, 9.17) is 0 Å². The Morgan fingerprint density at radius 1 is 0.833 bits per heavy atom. The van der Waals surface area contributed by atoms with Crippen molar-refractivity contribution in [3.8, 4) is 0 Å². The van der Waals surface area contributed by atoms with Crippen LogP contribution in [0.2, 0.25) is 0 Å². The van der Waals surface area contributed by atoms with Gasteiger partial charge in [0.15, 0.2) is 0 Å². The molecule has 0 bridgehead atoms. The minimum absolute atomic E-state index is 1.04. The van der Waals surface area contributed by atoms with E-state index in [1.165, 1.54) is 22.6 Å². The molecule has 0 fully saturated rings. The minimum atomic E-state index is 1.04. The van der Waals surface area contributed by atoms with Gasteiger partial charge in [-0.05, 0) is 31.2 Å². The number of nitrogens with zero attached hydrogens (tertiary/aromatic N) is 2. The predicted molar refractivity (Wildman–Crippen MR) is 77.9 cm³/mol. The molecule has 2 aromatic rings. The molecule has 0 aliphatic carbocycles. The van der Waals surface area contributed by atoms with Crippen molar-refractivity contribution < 1.29 is 0 Å². The lowest BCUT2D eigenvalue weighted by atomic mass is 10.1. The number of hydrogen-bond acceptors (Lipinski definition) is 2. The quantitative estimate of drug-likeness (QED) is 0.749. The SMILES string of the molecule is Cc1ccc(N2CCN(C)c3ccccc32)cc1. The molecular formula is C16H18N2. The van der Waals surface area contributed by atoms with Gasteiger partial charge in [0.25, 0.3) is 0 Å². The van der Waals surface area contributed by atoms with Crippen molar-refractivity contribution in [2.45, 2.75) is 6.92 Å². The highest BCUT2D eigenvalue weighted by Crippen LogP contribution is 2.36. The third-order valence-corrected chi connectivity index (χ3v) is 3.59. The van der Waals surface area contributed by atoms with Gasteiger partial charge in [0.2, 0.25) is 0 Å². The van der Waals surface area contributed by atoms with Gasteiger partial charge in [-0.2, -0.15) is 0 Å². The van der Waals surface area contributed by atoms with Gasteiger partial charge in [0.1, 0.15) is 0 Å². The summed E-state index contributed by atoms with van der Waals surface area (Å²) in [6, 6.07) is 17.4. The molecule has 0 aromatic heterocycles. The van der Waals surface area contributed by atoms with Crippen molar-refractivity contribution in [3.05, 3.63) is 54.1 Å². The topological polar surface area (TPSA) is 6.48 Å². The fourth-order valence-corrected chi connectivity index (χ4v) is 2.50. The molecule has 18 heavy (non-hydrogen) atoms. The zero-order valence-corrected chi connectivity index (χ0v) is 10.9. The Balaban J connectivity index is 2.04. The highest BCUT2D eigenvalue weighted by molar-refractivity contribution is 5.79. The predicted octanol–water partition coefficient (Wildman–Crippen LogP) is 3.58. The van der Waals surface area contributed by atoms with E-state index in [9.17, 15) is 0 Å². The van der Waals surface area contributed by atoms with Gasteiger partial charge in [-0.1, -0.05) is 29.8 Å². The van der Waals surface area contributed by atoms with E-state index in [2.05, 4.69) is 72.3 Å². The van der Waals surface area contributed by atoms with Crippen molar-refractivity contribution in [1.29, 1.82) is 0 Å². The zero-order valence-electron chi connectivity index (χ0n) is 10.9. The van der Waals surface area contributed by atoms with Crippen molar-refractivity contribution in [1.82, 2.24) is 0 Å². The molecule has 1 aliphatic heterocycles. The molecule has 0 spiro atoms. The monoisotopic (exact) mass is 238 g/mol. The lowest BCUT2D eigenvalue weighted by Crippen LogP contribution is -2.36. The van der Waals surface area contributed by atoms with Gasteiger partial charge >= 0.3 is 0 Å². The molecule has 2 heteroatoms. The third kappa shape index (κ3) is 1.84. The summed E-state index contributed by atoms with van der Waals surface area (Å²) in [6.45, 7) is 4.23. The largest absolute Gasteiger partial charge is 0.371 e. The Kier molecular flexibility index (Phi) is 2.71. The Labute approximate surface area is 108 Å². The van der Waals surface area contributed by atoms with Crippen LogP contribution in [0.15, 0.2) is 48.5 Å². The molecule has 0 amide bonds. The van der Waals surface area contributed by atoms with E-state index in [1.54, 1.807) is 0 Å². The van der Waals surface area contributed by atoms with Crippen LogP contribution in [0, 0.1) is 6.92 Å². The van der Waals surface area contributed by atoms with Crippen molar-refractivity contribution in [2.75, 3.05) is 29.9 Å². The van der Waals surface area contributed by atoms with Gasteiger partial charge in [-0.15, -0.1) is 0 Å². The van der Waals surface area contributed by atoms with Crippen LogP contribution in [0.5, 0.6) is 0 Å². The number of para-hydroxylation sites is 2. The van der Waals surface area contributed by atoms with Crippen LogP contribution in [0.4, 0.5) is 17.1 Å². The molecule has 92 valence electrons. The molecule has 0 atom stereocenters. The summed E-state index contributed by atoms with van der Waals surface area (Å²) in [5.74, 6) is 0. The summed E-state index contributed by atoms with van der Waals surface area (Å²) in [6.07, 6.45) is 0. The molecule has 0 radical (unpaired) electrons. The summed E-state index contributed by atoms with van der Waals surface area (Å²) < 4.78 is 0. The van der Waals surface area contributed by atoms with E-state index < -0.39 is 0 Å². The lowest BCUT2D eigenvalue weighted by Gasteiger charge is -2.37. The van der Waals surface area contributed by atoms with E-state index >= 15 is 0 Å². The van der Waals surface area contributed by atoms with Crippen LogP contribution in [-0.4, -0.2) is 20.1 Å². The Morgan fingerprint density at radius 3 is 2.22 bits per heavy atom. The lowest BCUT2D eigenvalue weighted by molar-refractivity contribution is 0.822.